The molecule has 0 unspecified atom stereocenters. The number of benzene rings is 1. The van der Waals surface area contributed by atoms with Crippen molar-refractivity contribution in [3.8, 4) is 0 Å². The maximum Gasteiger partial charge on any atom is 0.176 e. The number of rotatable bonds is 6. The summed E-state index contributed by atoms with van der Waals surface area (Å²) in [5.41, 5.74) is 2.04. The molecule has 0 spiro atoms. The highest BCUT2D eigenvalue weighted by Crippen LogP contribution is 2.06. The zero-order valence-electron chi connectivity index (χ0n) is 9.55. The topological polar surface area (TPSA) is 29.1 Å². The van der Waals surface area contributed by atoms with E-state index in [1.165, 1.54) is 5.56 Å². The Morgan fingerprint density at radius 1 is 1.33 bits per heavy atom. The molecule has 15 heavy (non-hydrogen) atoms. The molecule has 1 aromatic rings. The predicted octanol–water partition coefficient (Wildman–Crippen LogP) is 2.43. The van der Waals surface area contributed by atoms with E-state index in [4.69, 9.17) is 0 Å². The molecule has 0 aliphatic heterocycles. The molecule has 0 fully saturated rings. The molecule has 0 aliphatic carbocycles. The van der Waals surface area contributed by atoms with E-state index < -0.39 is 0 Å². The number of nitrogens with one attached hydrogen (secondary N) is 1. The number of Topliss-reactive ketones (excluding diaryl/α,β-unsaturated/α-hetero) is 1. The first kappa shape index (κ1) is 11.9. The molecule has 82 valence electrons. The van der Waals surface area contributed by atoms with Gasteiger partial charge in [0.2, 0.25) is 0 Å². The Balaban J connectivity index is 2.57. The van der Waals surface area contributed by atoms with Gasteiger partial charge in [0.15, 0.2) is 5.78 Å². The van der Waals surface area contributed by atoms with Crippen molar-refractivity contribution in [2.24, 2.45) is 0 Å². The molecule has 0 atom stereocenters. The van der Waals surface area contributed by atoms with E-state index in [2.05, 4.69) is 25.2 Å². The second kappa shape index (κ2) is 6.36. The summed E-state index contributed by atoms with van der Waals surface area (Å²) < 4.78 is 0. The van der Waals surface area contributed by atoms with Crippen molar-refractivity contribution >= 4 is 5.78 Å². The third kappa shape index (κ3) is 3.84. The molecule has 1 rings (SSSR count). The summed E-state index contributed by atoms with van der Waals surface area (Å²) in [4.78, 5) is 11.7. The number of hydrogen-bond donors (Lipinski definition) is 1. The fraction of sp³-hybridized carbons (Fsp3) is 0.462. The van der Waals surface area contributed by atoms with Crippen molar-refractivity contribution in [1.82, 2.24) is 5.32 Å². The van der Waals surface area contributed by atoms with E-state index in [1.54, 1.807) is 0 Å². The molecule has 2 nitrogen and oxygen atoms in total. The van der Waals surface area contributed by atoms with Gasteiger partial charge in [0.25, 0.3) is 0 Å². The predicted molar refractivity (Wildman–Crippen MR) is 63.3 cm³/mol. The van der Waals surface area contributed by atoms with Crippen LogP contribution in [0.5, 0.6) is 0 Å². The van der Waals surface area contributed by atoms with Gasteiger partial charge < -0.3 is 5.32 Å². The van der Waals surface area contributed by atoms with Gasteiger partial charge in [-0.15, -0.1) is 0 Å². The summed E-state index contributed by atoms with van der Waals surface area (Å²) in [5.74, 6) is 0.179. The lowest BCUT2D eigenvalue weighted by molar-refractivity contribution is 0.0991. The van der Waals surface area contributed by atoms with Gasteiger partial charge in [0, 0.05) is 5.56 Å². The highest BCUT2D eigenvalue weighted by molar-refractivity contribution is 5.97. The molecular formula is C13H19NO. The molecule has 0 radical (unpaired) electrons. The highest BCUT2D eigenvalue weighted by atomic mass is 16.1. The second-order valence-electron chi connectivity index (χ2n) is 3.65. The summed E-state index contributed by atoms with van der Waals surface area (Å²) in [5, 5.41) is 3.12. The van der Waals surface area contributed by atoms with Crippen molar-refractivity contribution in [2.45, 2.75) is 26.7 Å². The van der Waals surface area contributed by atoms with E-state index >= 15 is 0 Å². The molecule has 0 amide bonds. The van der Waals surface area contributed by atoms with Crippen molar-refractivity contribution < 1.29 is 4.79 Å². The van der Waals surface area contributed by atoms with Gasteiger partial charge in [0.05, 0.1) is 6.54 Å². The smallest absolute Gasteiger partial charge is 0.176 e. The minimum Gasteiger partial charge on any atom is -0.310 e. The monoisotopic (exact) mass is 205 g/mol. The molecule has 0 heterocycles. The minimum absolute atomic E-state index is 0.179. The van der Waals surface area contributed by atoms with E-state index in [-0.39, 0.29) is 5.78 Å². The maximum atomic E-state index is 11.7. The molecule has 0 saturated carbocycles. The van der Waals surface area contributed by atoms with Gasteiger partial charge in [-0.05, 0) is 31.0 Å². The third-order valence-corrected chi connectivity index (χ3v) is 2.37. The van der Waals surface area contributed by atoms with E-state index in [9.17, 15) is 4.79 Å². The van der Waals surface area contributed by atoms with Crippen LogP contribution in [0.3, 0.4) is 0 Å². The van der Waals surface area contributed by atoms with Crippen molar-refractivity contribution in [3.63, 3.8) is 0 Å². The zero-order chi connectivity index (χ0) is 11.1. The maximum absolute atomic E-state index is 11.7. The lowest BCUT2D eigenvalue weighted by Crippen LogP contribution is -2.23. The summed E-state index contributed by atoms with van der Waals surface area (Å²) >= 11 is 0. The molecule has 1 N–H and O–H groups in total. The Kier molecular flexibility index (Phi) is 5.05. The molecule has 0 saturated heterocycles. The zero-order valence-corrected chi connectivity index (χ0v) is 9.55. The fourth-order valence-electron chi connectivity index (χ4n) is 1.45. The van der Waals surface area contributed by atoms with Gasteiger partial charge in [0.1, 0.15) is 0 Å². The van der Waals surface area contributed by atoms with Crippen LogP contribution in [0.2, 0.25) is 0 Å². The molecule has 2 heteroatoms. The van der Waals surface area contributed by atoms with Crippen molar-refractivity contribution in [1.29, 1.82) is 0 Å². The Morgan fingerprint density at radius 2 is 2.13 bits per heavy atom. The Bertz CT molecular complexity index is 320. The van der Waals surface area contributed by atoms with Crippen LogP contribution >= 0.6 is 0 Å². The third-order valence-electron chi connectivity index (χ3n) is 2.37. The molecule has 0 aliphatic rings. The molecular weight excluding hydrogens is 186 g/mol. The number of ketones is 1. The quantitative estimate of drug-likeness (QED) is 0.571. The SMILES string of the molecule is CCCNCC(=O)c1cccc(CC)c1. The van der Waals surface area contributed by atoms with Crippen LogP contribution < -0.4 is 5.32 Å². The number of carbonyl (C=O) groups is 1. The van der Waals surface area contributed by atoms with Crippen LogP contribution in [0.4, 0.5) is 0 Å². The first-order chi connectivity index (χ1) is 7.27. The van der Waals surface area contributed by atoms with Gasteiger partial charge in [-0.25, -0.2) is 0 Å². The summed E-state index contributed by atoms with van der Waals surface area (Å²) in [6, 6.07) is 7.87. The van der Waals surface area contributed by atoms with Crippen molar-refractivity contribution in [3.05, 3.63) is 35.4 Å². The van der Waals surface area contributed by atoms with E-state index in [0.29, 0.717) is 6.54 Å². The molecule has 0 aromatic heterocycles. The van der Waals surface area contributed by atoms with E-state index in [1.807, 2.05) is 18.2 Å². The fourth-order valence-corrected chi connectivity index (χ4v) is 1.45. The van der Waals surface area contributed by atoms with Gasteiger partial charge >= 0.3 is 0 Å². The first-order valence-corrected chi connectivity index (χ1v) is 5.60. The lowest BCUT2D eigenvalue weighted by atomic mass is 10.1. The Morgan fingerprint density at radius 3 is 2.80 bits per heavy atom. The Labute approximate surface area is 91.7 Å². The van der Waals surface area contributed by atoms with E-state index in [0.717, 1.165) is 24.9 Å². The minimum atomic E-state index is 0.179. The highest BCUT2D eigenvalue weighted by Gasteiger charge is 2.04. The van der Waals surface area contributed by atoms with Gasteiger partial charge in [-0.3, -0.25) is 4.79 Å². The van der Waals surface area contributed by atoms with Gasteiger partial charge in [-0.2, -0.15) is 0 Å². The standard InChI is InChI=1S/C13H19NO/c1-3-8-14-10-13(15)12-7-5-6-11(4-2)9-12/h5-7,9,14H,3-4,8,10H2,1-2H3. The van der Waals surface area contributed by atoms with Crippen LogP contribution in [0, 0.1) is 0 Å². The normalized spacial score (nSPS) is 10.3. The van der Waals surface area contributed by atoms with Crippen LogP contribution in [-0.4, -0.2) is 18.9 Å². The van der Waals surface area contributed by atoms with Crippen LogP contribution in [0.15, 0.2) is 24.3 Å². The first-order valence-electron chi connectivity index (χ1n) is 5.60. The summed E-state index contributed by atoms with van der Waals surface area (Å²) in [6.45, 7) is 5.54. The number of aryl methyl sites for hydroxylation is 1. The van der Waals surface area contributed by atoms with Crippen LogP contribution in [0.1, 0.15) is 36.2 Å². The second-order valence-corrected chi connectivity index (χ2v) is 3.65. The van der Waals surface area contributed by atoms with Crippen molar-refractivity contribution in [2.75, 3.05) is 13.1 Å². The van der Waals surface area contributed by atoms with Crippen LogP contribution in [-0.2, 0) is 6.42 Å². The van der Waals surface area contributed by atoms with Crippen LogP contribution in [0.25, 0.3) is 0 Å². The number of hydrogen-bond acceptors (Lipinski definition) is 2. The average molecular weight is 205 g/mol. The summed E-state index contributed by atoms with van der Waals surface area (Å²) in [7, 11) is 0. The number of carbonyl (C=O) groups excluding carboxylic acids is 1. The largest absolute Gasteiger partial charge is 0.310 e. The lowest BCUT2D eigenvalue weighted by Gasteiger charge is -2.04. The molecule has 0 bridgehead atoms. The van der Waals surface area contributed by atoms with Gasteiger partial charge in [-0.1, -0.05) is 32.0 Å². The summed E-state index contributed by atoms with van der Waals surface area (Å²) in [6.07, 6.45) is 2.03. The Hall–Kier alpha value is -1.15. The average Bonchev–Trinajstić information content (AvgIpc) is 2.29. The molecule has 1 aromatic carbocycles.